The van der Waals surface area contributed by atoms with Gasteiger partial charge in [-0.05, 0) is 73.2 Å². The van der Waals surface area contributed by atoms with Crippen molar-refractivity contribution in [2.24, 2.45) is 5.10 Å². The maximum Gasteiger partial charge on any atom is 0.345 e. The highest BCUT2D eigenvalue weighted by Gasteiger charge is 2.16. The predicted octanol–water partition coefficient (Wildman–Crippen LogP) is 6.44. The van der Waals surface area contributed by atoms with Crippen LogP contribution in [-0.4, -0.2) is 24.2 Å². The summed E-state index contributed by atoms with van der Waals surface area (Å²) in [5.74, 6) is -0.436. The molecule has 3 aromatic carbocycles. The van der Waals surface area contributed by atoms with Crippen LogP contribution in [-0.2, 0) is 4.79 Å². The third-order valence-corrected chi connectivity index (χ3v) is 5.28. The summed E-state index contributed by atoms with van der Waals surface area (Å²) in [7, 11) is 0. The van der Waals surface area contributed by atoms with Crippen LogP contribution in [0.2, 0.25) is 20.1 Å². The standard InChI is InChI=1S/C23H16Cl4N2O4/c1-13(32-21-9-5-16(25)11-20(21)27)22(30)29-28-12-14-2-6-17(7-3-14)33-23(31)18-8-4-15(24)10-19(18)26/h2-13H,1H3,(H,29,30)/b28-12-/t13-/m1/s1. The molecule has 0 saturated carbocycles. The van der Waals surface area contributed by atoms with Gasteiger partial charge >= 0.3 is 5.97 Å². The topological polar surface area (TPSA) is 77.0 Å². The highest BCUT2D eigenvalue weighted by atomic mass is 35.5. The molecule has 0 unspecified atom stereocenters. The van der Waals surface area contributed by atoms with Gasteiger partial charge < -0.3 is 9.47 Å². The van der Waals surface area contributed by atoms with E-state index in [-0.39, 0.29) is 10.6 Å². The molecule has 0 saturated heterocycles. The Morgan fingerprint density at radius 3 is 2.18 bits per heavy atom. The highest BCUT2D eigenvalue weighted by Crippen LogP contribution is 2.28. The number of esters is 1. The molecule has 0 aliphatic carbocycles. The number of nitrogens with zero attached hydrogens (tertiary/aromatic N) is 1. The molecule has 170 valence electrons. The fraction of sp³-hybridized carbons (Fsp3) is 0.0870. The largest absolute Gasteiger partial charge is 0.479 e. The Kier molecular flexibility index (Phi) is 8.58. The monoisotopic (exact) mass is 524 g/mol. The Morgan fingerprint density at radius 1 is 0.909 bits per heavy atom. The van der Waals surface area contributed by atoms with Crippen LogP contribution in [0.25, 0.3) is 0 Å². The van der Waals surface area contributed by atoms with E-state index in [2.05, 4.69) is 10.5 Å². The molecule has 0 spiro atoms. The average molecular weight is 526 g/mol. The maximum absolute atomic E-state index is 12.3. The van der Waals surface area contributed by atoms with E-state index in [1.165, 1.54) is 24.4 Å². The summed E-state index contributed by atoms with van der Waals surface area (Å²) in [6.07, 6.45) is 0.587. The number of halogens is 4. The predicted molar refractivity (Wildman–Crippen MR) is 130 cm³/mol. The van der Waals surface area contributed by atoms with E-state index >= 15 is 0 Å². The van der Waals surface area contributed by atoms with E-state index in [0.29, 0.717) is 32.1 Å². The van der Waals surface area contributed by atoms with Crippen LogP contribution in [0, 0.1) is 0 Å². The van der Waals surface area contributed by atoms with Crippen LogP contribution in [0.15, 0.2) is 65.8 Å². The molecule has 6 nitrogen and oxygen atoms in total. The number of hydrogen-bond acceptors (Lipinski definition) is 5. The number of rotatable bonds is 7. The number of amides is 1. The van der Waals surface area contributed by atoms with E-state index in [9.17, 15) is 9.59 Å². The van der Waals surface area contributed by atoms with Crippen molar-refractivity contribution in [1.29, 1.82) is 0 Å². The van der Waals surface area contributed by atoms with Gasteiger partial charge in [-0.2, -0.15) is 5.10 Å². The lowest BCUT2D eigenvalue weighted by Gasteiger charge is -2.14. The molecule has 10 heteroatoms. The van der Waals surface area contributed by atoms with Crippen LogP contribution >= 0.6 is 46.4 Å². The molecule has 3 aromatic rings. The van der Waals surface area contributed by atoms with Gasteiger partial charge in [-0.15, -0.1) is 0 Å². The van der Waals surface area contributed by atoms with E-state index in [1.54, 1.807) is 49.4 Å². The first-order valence-electron chi connectivity index (χ1n) is 9.45. The highest BCUT2D eigenvalue weighted by molar-refractivity contribution is 6.36. The summed E-state index contributed by atoms with van der Waals surface area (Å²) >= 11 is 23.7. The van der Waals surface area contributed by atoms with Gasteiger partial charge in [0.2, 0.25) is 0 Å². The molecule has 1 N–H and O–H groups in total. The Bertz CT molecular complexity index is 1200. The van der Waals surface area contributed by atoms with Crippen molar-refractivity contribution in [3.63, 3.8) is 0 Å². The zero-order chi connectivity index (χ0) is 24.0. The molecule has 0 aromatic heterocycles. The number of nitrogens with one attached hydrogen (secondary N) is 1. The SMILES string of the molecule is C[C@@H](Oc1ccc(Cl)cc1Cl)C(=O)N/N=C\c1ccc(OC(=O)c2ccc(Cl)cc2Cl)cc1. The molecule has 33 heavy (non-hydrogen) atoms. The molecule has 3 rings (SSSR count). The molecule has 0 heterocycles. The molecular formula is C23H16Cl4N2O4. The summed E-state index contributed by atoms with van der Waals surface area (Å²) in [4.78, 5) is 24.4. The second-order valence-corrected chi connectivity index (χ2v) is 8.34. The quantitative estimate of drug-likeness (QED) is 0.167. The number of benzene rings is 3. The van der Waals surface area contributed by atoms with Gasteiger partial charge in [-0.1, -0.05) is 46.4 Å². The summed E-state index contributed by atoms with van der Waals surface area (Å²) in [5, 5.41) is 5.28. The molecule has 0 radical (unpaired) electrons. The Labute approximate surface area is 210 Å². The van der Waals surface area contributed by atoms with Crippen LogP contribution in [0.3, 0.4) is 0 Å². The van der Waals surface area contributed by atoms with E-state index < -0.39 is 18.0 Å². The van der Waals surface area contributed by atoms with Crippen molar-refractivity contribution >= 4 is 64.5 Å². The number of hydrazone groups is 1. The number of ether oxygens (including phenoxy) is 2. The van der Waals surface area contributed by atoms with Gasteiger partial charge in [0.1, 0.15) is 11.5 Å². The third kappa shape index (κ3) is 7.11. The Hall–Kier alpha value is -2.77. The first-order chi connectivity index (χ1) is 15.7. The molecule has 1 amide bonds. The minimum absolute atomic E-state index is 0.198. The first-order valence-corrected chi connectivity index (χ1v) is 11.0. The number of carbonyl (C=O) groups excluding carboxylic acids is 2. The average Bonchev–Trinajstić information content (AvgIpc) is 2.76. The minimum Gasteiger partial charge on any atom is -0.479 e. The van der Waals surface area contributed by atoms with Gasteiger partial charge in [0.15, 0.2) is 6.10 Å². The number of carbonyl (C=O) groups is 2. The van der Waals surface area contributed by atoms with Crippen molar-refractivity contribution < 1.29 is 19.1 Å². The second kappa shape index (κ2) is 11.4. The molecule has 0 aliphatic rings. The molecule has 0 fully saturated rings. The van der Waals surface area contributed by atoms with Crippen molar-refractivity contribution in [2.75, 3.05) is 0 Å². The Morgan fingerprint density at radius 2 is 1.55 bits per heavy atom. The summed E-state index contributed by atoms with van der Waals surface area (Å²) < 4.78 is 10.8. The lowest BCUT2D eigenvalue weighted by Crippen LogP contribution is -2.33. The van der Waals surface area contributed by atoms with Crippen molar-refractivity contribution in [3.8, 4) is 11.5 Å². The zero-order valence-corrected chi connectivity index (χ0v) is 20.0. The van der Waals surface area contributed by atoms with Gasteiger partial charge in [0.25, 0.3) is 5.91 Å². The summed E-state index contributed by atoms with van der Waals surface area (Å²) in [6, 6.07) is 15.7. The van der Waals surface area contributed by atoms with Crippen LogP contribution in [0.5, 0.6) is 11.5 Å². The van der Waals surface area contributed by atoms with Gasteiger partial charge in [0.05, 0.1) is 21.8 Å². The fourth-order valence-electron chi connectivity index (χ4n) is 2.52. The normalized spacial score (nSPS) is 11.8. The van der Waals surface area contributed by atoms with Crippen molar-refractivity contribution in [1.82, 2.24) is 5.43 Å². The van der Waals surface area contributed by atoms with Crippen LogP contribution in [0.4, 0.5) is 0 Å². The lowest BCUT2D eigenvalue weighted by molar-refractivity contribution is -0.127. The zero-order valence-electron chi connectivity index (χ0n) is 17.0. The number of hydrogen-bond donors (Lipinski definition) is 1. The lowest BCUT2D eigenvalue weighted by atomic mass is 10.2. The van der Waals surface area contributed by atoms with Crippen LogP contribution in [0.1, 0.15) is 22.8 Å². The summed E-state index contributed by atoms with van der Waals surface area (Å²) in [6.45, 7) is 1.56. The minimum atomic E-state index is -0.845. The molecule has 0 bridgehead atoms. The fourth-order valence-corrected chi connectivity index (χ4v) is 3.45. The summed E-state index contributed by atoms with van der Waals surface area (Å²) in [5.41, 5.74) is 3.25. The van der Waals surface area contributed by atoms with Gasteiger partial charge in [0, 0.05) is 10.0 Å². The van der Waals surface area contributed by atoms with Crippen molar-refractivity contribution in [3.05, 3.63) is 91.9 Å². The third-order valence-electron chi connectivity index (χ3n) is 4.20. The van der Waals surface area contributed by atoms with Gasteiger partial charge in [-0.3, -0.25) is 4.79 Å². The van der Waals surface area contributed by atoms with Gasteiger partial charge in [-0.25, -0.2) is 10.2 Å². The van der Waals surface area contributed by atoms with E-state index in [1.807, 2.05) is 0 Å². The molecular weight excluding hydrogens is 510 g/mol. The smallest absolute Gasteiger partial charge is 0.345 e. The first kappa shape index (κ1) is 24.9. The second-order valence-electron chi connectivity index (χ2n) is 6.65. The van der Waals surface area contributed by atoms with Crippen LogP contribution < -0.4 is 14.9 Å². The van der Waals surface area contributed by atoms with E-state index in [4.69, 9.17) is 55.9 Å². The van der Waals surface area contributed by atoms with E-state index in [0.717, 1.165) is 0 Å². The van der Waals surface area contributed by atoms with Crippen molar-refractivity contribution in [2.45, 2.75) is 13.0 Å². The maximum atomic E-state index is 12.3. The molecule has 1 atom stereocenters. The Balaban J connectivity index is 1.53. The molecule has 0 aliphatic heterocycles.